The molecule has 40 heavy (non-hydrogen) atoms. The molecular formula is C31H28F2N4O3. The number of nitriles is 1. The molecule has 3 N–H and O–H groups in total. The van der Waals surface area contributed by atoms with E-state index in [0.29, 0.717) is 53.0 Å². The molecule has 1 aliphatic heterocycles. The Bertz CT molecular complexity index is 1590. The highest BCUT2D eigenvalue weighted by Gasteiger charge is 2.23. The number of halogens is 2. The number of carboxylic acids is 1. The number of carbonyl (C=O) groups is 1. The number of carboxylic acid groups (broad SMARTS) is 1. The number of hydrogen-bond acceptors (Lipinski definition) is 6. The number of para-hydroxylation sites is 1. The number of anilines is 1. The molecular weight excluding hydrogens is 514 g/mol. The maximum Gasteiger partial charge on any atom is 0.303 e. The topological polar surface area (TPSA) is 112 Å². The van der Waals surface area contributed by atoms with E-state index < -0.39 is 17.6 Å². The summed E-state index contributed by atoms with van der Waals surface area (Å²) >= 11 is 0. The van der Waals surface area contributed by atoms with Gasteiger partial charge in [0.25, 0.3) is 0 Å². The number of nitrogens with zero attached hydrogens (tertiary/aromatic N) is 3. The van der Waals surface area contributed by atoms with Crippen molar-refractivity contribution in [1.29, 1.82) is 5.26 Å². The number of aliphatic carboxylic acids is 1. The molecule has 1 saturated heterocycles. The van der Waals surface area contributed by atoms with Crippen molar-refractivity contribution < 1.29 is 23.4 Å². The SMILES string of the molecule is N#Cc1cccc(-c2ccc3ncc(-c4cc(F)cc(F)c4)c(N4CCC(N)CC4)c3c2)c1OCCCC(=O)O. The maximum atomic E-state index is 14.3. The zero-order valence-corrected chi connectivity index (χ0v) is 21.7. The van der Waals surface area contributed by atoms with Gasteiger partial charge in [0.1, 0.15) is 23.5 Å². The Morgan fingerprint density at radius 1 is 1.07 bits per heavy atom. The average molecular weight is 543 g/mol. The fraction of sp³-hybridized carbons (Fsp3) is 0.258. The summed E-state index contributed by atoms with van der Waals surface area (Å²) in [5, 5.41) is 19.5. The van der Waals surface area contributed by atoms with Crippen molar-refractivity contribution in [2.75, 3.05) is 24.6 Å². The summed E-state index contributed by atoms with van der Waals surface area (Å²) < 4.78 is 34.5. The molecule has 0 aliphatic carbocycles. The summed E-state index contributed by atoms with van der Waals surface area (Å²) in [6.45, 7) is 1.50. The normalized spacial score (nSPS) is 13.8. The van der Waals surface area contributed by atoms with Crippen molar-refractivity contribution in [2.45, 2.75) is 31.7 Å². The largest absolute Gasteiger partial charge is 0.492 e. The van der Waals surface area contributed by atoms with Gasteiger partial charge in [0.15, 0.2) is 0 Å². The molecule has 0 atom stereocenters. The number of fused-ring (bicyclic) bond motifs is 1. The monoisotopic (exact) mass is 542 g/mol. The standard InChI is InChI=1S/C31H28F2N4O3/c32-22-13-21(14-23(33)16-22)27-18-36-28-7-6-19(15-26(28)30(27)37-10-8-24(35)9-11-37)25-4-1-3-20(17-34)31(25)40-12-2-5-29(38)39/h1,3-4,6-7,13-16,18,24H,2,5,8-12,35H2,(H,38,39). The molecule has 0 saturated carbocycles. The van der Waals surface area contributed by atoms with Gasteiger partial charge < -0.3 is 20.5 Å². The first-order valence-corrected chi connectivity index (χ1v) is 13.1. The van der Waals surface area contributed by atoms with E-state index in [2.05, 4.69) is 16.0 Å². The molecule has 0 radical (unpaired) electrons. The second kappa shape index (κ2) is 11.7. The molecule has 0 spiro atoms. The van der Waals surface area contributed by atoms with Gasteiger partial charge in [-0.25, -0.2) is 8.78 Å². The van der Waals surface area contributed by atoms with Gasteiger partial charge in [-0.2, -0.15) is 5.26 Å². The molecule has 9 heteroatoms. The van der Waals surface area contributed by atoms with Gasteiger partial charge in [-0.05, 0) is 60.7 Å². The van der Waals surface area contributed by atoms with Gasteiger partial charge in [0.05, 0.1) is 23.4 Å². The predicted octanol–water partition coefficient (Wildman–Crippen LogP) is 5.89. The number of piperidine rings is 1. The van der Waals surface area contributed by atoms with Crippen LogP contribution in [-0.2, 0) is 4.79 Å². The highest BCUT2D eigenvalue weighted by molar-refractivity contribution is 6.02. The van der Waals surface area contributed by atoms with Crippen LogP contribution in [0.3, 0.4) is 0 Å². The van der Waals surface area contributed by atoms with Gasteiger partial charge in [-0.1, -0.05) is 18.2 Å². The Hall–Kier alpha value is -4.55. The highest BCUT2D eigenvalue weighted by Crippen LogP contribution is 2.41. The first kappa shape index (κ1) is 27.0. The van der Waals surface area contributed by atoms with Crippen molar-refractivity contribution >= 4 is 22.6 Å². The van der Waals surface area contributed by atoms with Crippen molar-refractivity contribution in [2.24, 2.45) is 5.73 Å². The van der Waals surface area contributed by atoms with Gasteiger partial charge in [0, 0.05) is 54.3 Å². The van der Waals surface area contributed by atoms with Crippen LogP contribution in [0.5, 0.6) is 5.75 Å². The summed E-state index contributed by atoms with van der Waals surface area (Å²) in [5.74, 6) is -1.89. The van der Waals surface area contributed by atoms with E-state index in [1.807, 2.05) is 24.3 Å². The lowest BCUT2D eigenvalue weighted by atomic mass is 9.95. The van der Waals surface area contributed by atoms with Crippen LogP contribution in [0.4, 0.5) is 14.5 Å². The van der Waals surface area contributed by atoms with Gasteiger partial charge >= 0.3 is 5.97 Å². The molecule has 3 aromatic carbocycles. The lowest BCUT2D eigenvalue weighted by Gasteiger charge is -2.34. The zero-order valence-electron chi connectivity index (χ0n) is 21.7. The third-order valence-electron chi connectivity index (χ3n) is 7.10. The molecule has 1 aliphatic rings. The number of rotatable bonds is 8. The molecule has 5 rings (SSSR count). The Balaban J connectivity index is 1.66. The number of benzene rings is 3. The minimum absolute atomic E-state index is 0.0436. The predicted molar refractivity (Wildman–Crippen MR) is 149 cm³/mol. The Labute approximate surface area is 230 Å². The van der Waals surface area contributed by atoms with Gasteiger partial charge in [0.2, 0.25) is 0 Å². The second-order valence-electron chi connectivity index (χ2n) is 9.87. The summed E-state index contributed by atoms with van der Waals surface area (Å²) in [7, 11) is 0. The Morgan fingerprint density at radius 2 is 1.82 bits per heavy atom. The van der Waals surface area contributed by atoms with E-state index in [4.69, 9.17) is 15.6 Å². The maximum absolute atomic E-state index is 14.3. The number of pyridine rings is 1. The molecule has 4 aromatic rings. The number of ether oxygens (including phenoxy) is 1. The Morgan fingerprint density at radius 3 is 2.52 bits per heavy atom. The van der Waals surface area contributed by atoms with Crippen LogP contribution in [-0.4, -0.2) is 41.8 Å². The number of nitrogens with two attached hydrogens (primary N) is 1. The van der Waals surface area contributed by atoms with E-state index in [-0.39, 0.29) is 19.1 Å². The third-order valence-corrected chi connectivity index (χ3v) is 7.10. The van der Waals surface area contributed by atoms with E-state index in [1.54, 1.807) is 18.3 Å². The minimum atomic E-state index is -0.917. The van der Waals surface area contributed by atoms with Crippen LogP contribution in [0.2, 0.25) is 0 Å². The van der Waals surface area contributed by atoms with Crippen molar-refractivity contribution in [1.82, 2.24) is 4.98 Å². The third kappa shape index (κ3) is 5.72. The van der Waals surface area contributed by atoms with E-state index >= 15 is 0 Å². The first-order chi connectivity index (χ1) is 19.3. The van der Waals surface area contributed by atoms with Crippen LogP contribution < -0.4 is 15.4 Å². The van der Waals surface area contributed by atoms with E-state index in [1.165, 1.54) is 12.1 Å². The summed E-state index contributed by atoms with van der Waals surface area (Å²) in [6.07, 6.45) is 3.45. The van der Waals surface area contributed by atoms with E-state index in [9.17, 15) is 18.8 Å². The van der Waals surface area contributed by atoms with Crippen molar-refractivity contribution in [3.05, 3.63) is 78.0 Å². The van der Waals surface area contributed by atoms with Crippen molar-refractivity contribution in [3.8, 4) is 34.1 Å². The fourth-order valence-corrected chi connectivity index (χ4v) is 5.14. The fourth-order valence-electron chi connectivity index (χ4n) is 5.14. The van der Waals surface area contributed by atoms with Crippen LogP contribution in [0.1, 0.15) is 31.2 Å². The average Bonchev–Trinajstić information content (AvgIpc) is 2.94. The van der Waals surface area contributed by atoms with Crippen molar-refractivity contribution in [3.63, 3.8) is 0 Å². The Kier molecular flexibility index (Phi) is 7.89. The van der Waals surface area contributed by atoms with Crippen LogP contribution in [0.25, 0.3) is 33.2 Å². The highest BCUT2D eigenvalue weighted by atomic mass is 19.1. The molecule has 0 unspecified atom stereocenters. The van der Waals surface area contributed by atoms with Gasteiger partial charge in [-0.15, -0.1) is 0 Å². The summed E-state index contributed by atoms with van der Waals surface area (Å²) in [4.78, 5) is 17.7. The summed E-state index contributed by atoms with van der Waals surface area (Å²) in [5.41, 5.74) is 10.4. The molecule has 204 valence electrons. The number of aromatic nitrogens is 1. The molecule has 7 nitrogen and oxygen atoms in total. The molecule has 0 bridgehead atoms. The minimum Gasteiger partial charge on any atom is -0.492 e. The van der Waals surface area contributed by atoms with Crippen LogP contribution in [0, 0.1) is 23.0 Å². The quantitative estimate of drug-likeness (QED) is 0.267. The smallest absolute Gasteiger partial charge is 0.303 e. The van der Waals surface area contributed by atoms with Crippen LogP contribution in [0.15, 0.2) is 60.8 Å². The number of hydrogen-bond donors (Lipinski definition) is 2. The first-order valence-electron chi connectivity index (χ1n) is 13.1. The molecule has 1 fully saturated rings. The van der Waals surface area contributed by atoms with Gasteiger partial charge in [-0.3, -0.25) is 9.78 Å². The zero-order chi connectivity index (χ0) is 28.2. The van der Waals surface area contributed by atoms with Crippen LogP contribution >= 0.6 is 0 Å². The lowest BCUT2D eigenvalue weighted by molar-refractivity contribution is -0.137. The summed E-state index contributed by atoms with van der Waals surface area (Å²) in [6, 6.07) is 16.6. The molecule has 2 heterocycles. The second-order valence-corrected chi connectivity index (χ2v) is 9.87. The molecule has 0 amide bonds. The van der Waals surface area contributed by atoms with E-state index in [0.717, 1.165) is 35.5 Å². The molecule has 1 aromatic heterocycles. The lowest BCUT2D eigenvalue weighted by Crippen LogP contribution is -2.40.